The molecule has 3 heterocycles. The second-order valence-corrected chi connectivity index (χ2v) is 8.08. The number of benzene rings is 1. The zero-order valence-corrected chi connectivity index (χ0v) is 20.4. The molecular weight excluding hydrogens is 474 g/mol. The minimum atomic E-state index is -0.491. The van der Waals surface area contributed by atoms with E-state index < -0.39 is 5.91 Å². The molecule has 0 radical (unpaired) electrons. The molecule has 1 fully saturated rings. The topological polar surface area (TPSA) is 150 Å². The lowest BCUT2D eigenvalue weighted by Crippen LogP contribution is -2.31. The zero-order valence-electron chi connectivity index (χ0n) is 19.6. The van der Waals surface area contributed by atoms with Crippen LogP contribution in [0.15, 0.2) is 34.0 Å². The number of nitrogens with zero attached hydrogens (tertiary/aromatic N) is 7. The number of nitrogens with one attached hydrogen (secondary N) is 1. The quantitative estimate of drug-likeness (QED) is 0.241. The van der Waals surface area contributed by atoms with Crippen molar-refractivity contribution in [2.24, 2.45) is 5.10 Å². The number of carbonyl (C=O) groups is 1. The number of rotatable bonds is 10. The number of hydrazone groups is 1. The number of halogens is 1. The summed E-state index contributed by atoms with van der Waals surface area (Å²) in [6, 6.07) is 7.47. The van der Waals surface area contributed by atoms with E-state index in [2.05, 4.69) is 47.6 Å². The van der Waals surface area contributed by atoms with Crippen molar-refractivity contribution in [3.05, 3.63) is 41.2 Å². The largest absolute Gasteiger partial charge is 0.494 e. The number of carbonyl (C=O) groups excluding carboxylic acids is 1. The average molecular weight is 504 g/mol. The van der Waals surface area contributed by atoms with Gasteiger partial charge in [0.2, 0.25) is 11.6 Å². The summed E-state index contributed by atoms with van der Waals surface area (Å²) in [5.41, 5.74) is 9.88. The van der Waals surface area contributed by atoms with Gasteiger partial charge in [0.15, 0.2) is 5.69 Å². The lowest BCUT2D eigenvalue weighted by atomic mass is 10.1. The first kappa shape index (κ1) is 26.1. The summed E-state index contributed by atoms with van der Waals surface area (Å²) >= 11 is 0. The van der Waals surface area contributed by atoms with Crippen molar-refractivity contribution >= 4 is 30.3 Å². The number of amides is 1. The van der Waals surface area contributed by atoms with Crippen LogP contribution in [-0.4, -0.2) is 62.0 Å². The molecule has 0 unspecified atom stereocenters. The molecule has 3 aromatic rings. The summed E-state index contributed by atoms with van der Waals surface area (Å²) in [4.78, 5) is 15.3. The summed E-state index contributed by atoms with van der Waals surface area (Å²) in [7, 11) is 0. The lowest BCUT2D eigenvalue weighted by molar-refractivity contribution is 0.0944. The van der Waals surface area contributed by atoms with E-state index in [1.54, 1.807) is 6.21 Å². The number of nitrogens with two attached hydrogens (primary N) is 1. The van der Waals surface area contributed by atoms with Crippen molar-refractivity contribution in [1.29, 1.82) is 0 Å². The van der Waals surface area contributed by atoms with Crippen molar-refractivity contribution in [3.63, 3.8) is 0 Å². The maximum Gasteiger partial charge on any atom is 0.292 e. The fourth-order valence-electron chi connectivity index (χ4n) is 3.67. The van der Waals surface area contributed by atoms with Crippen LogP contribution in [0.1, 0.15) is 60.8 Å². The van der Waals surface area contributed by atoms with Gasteiger partial charge < -0.3 is 10.5 Å². The van der Waals surface area contributed by atoms with Crippen LogP contribution in [0.2, 0.25) is 0 Å². The van der Waals surface area contributed by atoms with Crippen molar-refractivity contribution in [2.75, 3.05) is 25.4 Å². The first-order valence-electron chi connectivity index (χ1n) is 11.5. The highest BCUT2D eigenvalue weighted by Crippen LogP contribution is 2.19. The van der Waals surface area contributed by atoms with Crippen LogP contribution < -0.4 is 15.9 Å². The molecule has 0 bridgehead atoms. The Morgan fingerprint density at radius 2 is 2.00 bits per heavy atom. The van der Waals surface area contributed by atoms with Crippen LogP contribution in [0, 0.1) is 0 Å². The number of aromatic nitrogens is 5. The second kappa shape index (κ2) is 12.8. The summed E-state index contributed by atoms with van der Waals surface area (Å²) in [5, 5.41) is 19.7. The number of hydrogen-bond donors (Lipinski definition) is 2. The number of nitrogen functional groups attached to an aromatic ring is 1. The van der Waals surface area contributed by atoms with Crippen LogP contribution in [0.4, 0.5) is 5.82 Å². The van der Waals surface area contributed by atoms with Crippen molar-refractivity contribution < 1.29 is 14.2 Å². The molecule has 1 saturated heterocycles. The van der Waals surface area contributed by atoms with E-state index in [0.717, 1.165) is 50.1 Å². The Morgan fingerprint density at radius 3 is 2.69 bits per heavy atom. The van der Waals surface area contributed by atoms with Crippen LogP contribution in [0.5, 0.6) is 5.75 Å². The normalized spacial score (nSPS) is 14.1. The third kappa shape index (κ3) is 6.76. The Kier molecular flexibility index (Phi) is 9.56. The number of ether oxygens (including phenoxy) is 1. The first-order valence-corrected chi connectivity index (χ1v) is 11.5. The third-order valence-corrected chi connectivity index (χ3v) is 5.50. The van der Waals surface area contributed by atoms with Crippen molar-refractivity contribution in [3.8, 4) is 11.6 Å². The Bertz CT molecular complexity index is 1110. The summed E-state index contributed by atoms with van der Waals surface area (Å²) < 4.78 is 11.6. The molecule has 0 spiro atoms. The predicted molar refractivity (Wildman–Crippen MR) is 132 cm³/mol. The smallest absolute Gasteiger partial charge is 0.292 e. The fourth-order valence-corrected chi connectivity index (χ4v) is 3.67. The average Bonchev–Trinajstić information content (AvgIpc) is 3.46. The molecule has 0 saturated carbocycles. The molecule has 1 aliphatic rings. The van der Waals surface area contributed by atoms with E-state index in [1.165, 1.54) is 11.1 Å². The molecule has 0 aliphatic carbocycles. The standard InChI is InChI=1S/C22H29N9O3.ClH/c1-2-3-13-33-17-9-7-16(8-10-17)14-24-26-22(32)19-18(15-30-11-5-4-6-12-30)25-29-31(19)21-20(23)27-34-28-21;/h7-10,14H,2-6,11-13,15H2,1H3,(H2,23,27)(H,26,32);1H/b24-14+;. The van der Waals surface area contributed by atoms with Crippen LogP contribution in [-0.2, 0) is 6.54 Å². The highest BCUT2D eigenvalue weighted by Gasteiger charge is 2.26. The van der Waals surface area contributed by atoms with Gasteiger partial charge in [0.1, 0.15) is 11.4 Å². The van der Waals surface area contributed by atoms with Gasteiger partial charge in [-0.25, -0.2) is 10.1 Å². The molecule has 1 amide bonds. The van der Waals surface area contributed by atoms with Crippen LogP contribution in [0.25, 0.3) is 5.82 Å². The lowest BCUT2D eigenvalue weighted by Gasteiger charge is -2.25. The molecule has 3 N–H and O–H groups in total. The van der Waals surface area contributed by atoms with Gasteiger partial charge in [-0.1, -0.05) is 25.0 Å². The van der Waals surface area contributed by atoms with Gasteiger partial charge in [-0.15, -0.1) is 17.5 Å². The maximum atomic E-state index is 13.1. The zero-order chi connectivity index (χ0) is 23.8. The van der Waals surface area contributed by atoms with Gasteiger partial charge in [0, 0.05) is 6.54 Å². The molecule has 12 nitrogen and oxygen atoms in total. The Labute approximate surface area is 209 Å². The third-order valence-electron chi connectivity index (χ3n) is 5.50. The van der Waals surface area contributed by atoms with Crippen molar-refractivity contribution in [1.82, 2.24) is 35.6 Å². The SMILES string of the molecule is CCCCOc1ccc(/C=N/NC(=O)c2c(CN3CCCCC3)nnn2-c2nonc2N)cc1.Cl. The predicted octanol–water partition coefficient (Wildman–Crippen LogP) is 2.58. The Hall–Kier alpha value is -3.51. The number of hydrogen-bond acceptors (Lipinski definition) is 10. The fraction of sp³-hybridized carbons (Fsp3) is 0.455. The monoisotopic (exact) mass is 503 g/mol. The molecule has 1 aliphatic heterocycles. The van der Waals surface area contributed by atoms with Gasteiger partial charge in [-0.2, -0.15) is 9.78 Å². The summed E-state index contributed by atoms with van der Waals surface area (Å²) in [6.45, 7) is 5.17. The van der Waals surface area contributed by atoms with E-state index in [0.29, 0.717) is 18.8 Å². The molecule has 1 aromatic carbocycles. The number of likely N-dealkylation sites (tertiary alicyclic amines) is 1. The molecule has 4 rings (SSSR count). The maximum absolute atomic E-state index is 13.1. The van der Waals surface area contributed by atoms with Gasteiger partial charge in [0.25, 0.3) is 5.91 Å². The molecule has 2 aromatic heterocycles. The van der Waals surface area contributed by atoms with Crippen molar-refractivity contribution in [2.45, 2.75) is 45.6 Å². The van der Waals surface area contributed by atoms with E-state index >= 15 is 0 Å². The van der Waals surface area contributed by atoms with Crippen LogP contribution in [0.3, 0.4) is 0 Å². The van der Waals surface area contributed by atoms with Gasteiger partial charge in [0.05, 0.1) is 12.8 Å². The minimum absolute atomic E-state index is 0. The van der Waals surface area contributed by atoms with Gasteiger partial charge in [-0.3, -0.25) is 9.69 Å². The minimum Gasteiger partial charge on any atom is -0.494 e. The van der Waals surface area contributed by atoms with Gasteiger partial charge in [-0.05, 0) is 72.5 Å². The van der Waals surface area contributed by atoms with E-state index in [9.17, 15) is 4.79 Å². The number of anilines is 1. The highest BCUT2D eigenvalue weighted by atomic mass is 35.5. The number of unbranched alkanes of at least 4 members (excludes halogenated alkanes) is 1. The molecule has 35 heavy (non-hydrogen) atoms. The molecule has 188 valence electrons. The molecule has 13 heteroatoms. The summed E-state index contributed by atoms with van der Waals surface area (Å²) in [6.07, 6.45) is 7.08. The second-order valence-electron chi connectivity index (χ2n) is 8.08. The first-order chi connectivity index (χ1) is 16.7. The molecule has 0 atom stereocenters. The highest BCUT2D eigenvalue weighted by molar-refractivity contribution is 5.95. The van der Waals surface area contributed by atoms with E-state index in [4.69, 9.17) is 10.5 Å². The summed E-state index contributed by atoms with van der Waals surface area (Å²) in [5.74, 6) is 0.416. The number of piperidine rings is 1. The van der Waals surface area contributed by atoms with E-state index in [1.807, 2.05) is 24.3 Å². The molecular formula is C22H30ClN9O3. The van der Waals surface area contributed by atoms with E-state index in [-0.39, 0.29) is 29.7 Å². The Balaban J connectivity index is 0.00000342. The van der Waals surface area contributed by atoms with Gasteiger partial charge >= 0.3 is 0 Å². The Morgan fingerprint density at radius 1 is 1.23 bits per heavy atom. The van der Waals surface area contributed by atoms with Crippen LogP contribution >= 0.6 is 12.4 Å².